The Morgan fingerprint density at radius 2 is 1.79 bits per heavy atom. The van der Waals surface area contributed by atoms with Crippen molar-refractivity contribution in [2.24, 2.45) is 5.92 Å². The van der Waals surface area contributed by atoms with Crippen LogP contribution in [0.15, 0.2) is 36.7 Å². The highest BCUT2D eigenvalue weighted by atomic mass is 16.5. The molecule has 1 aromatic carbocycles. The molecule has 2 atom stereocenters. The molecule has 0 spiro atoms. The SMILES string of the molecule is c1cc(N2CCC(CN3CCCC3)C2)ccc1-c1cnn(C2CCCCO2)c1. The quantitative estimate of drug-likeness (QED) is 0.779. The summed E-state index contributed by atoms with van der Waals surface area (Å²) in [6, 6.07) is 9.04. The number of rotatable bonds is 5. The summed E-state index contributed by atoms with van der Waals surface area (Å²) < 4.78 is 7.84. The Balaban J connectivity index is 1.20. The van der Waals surface area contributed by atoms with Gasteiger partial charge < -0.3 is 14.5 Å². The molecule has 2 unspecified atom stereocenters. The van der Waals surface area contributed by atoms with E-state index in [9.17, 15) is 0 Å². The zero-order valence-corrected chi connectivity index (χ0v) is 16.8. The summed E-state index contributed by atoms with van der Waals surface area (Å²) >= 11 is 0. The molecule has 5 nitrogen and oxygen atoms in total. The molecule has 0 amide bonds. The second kappa shape index (κ2) is 8.26. The summed E-state index contributed by atoms with van der Waals surface area (Å²) in [7, 11) is 0. The normalized spacial score (nSPS) is 26.2. The topological polar surface area (TPSA) is 33.5 Å². The molecule has 5 rings (SSSR count). The van der Waals surface area contributed by atoms with Crippen molar-refractivity contribution < 1.29 is 4.74 Å². The zero-order valence-electron chi connectivity index (χ0n) is 16.8. The second-order valence-corrected chi connectivity index (χ2v) is 8.69. The third-order valence-electron chi connectivity index (χ3n) is 6.62. The largest absolute Gasteiger partial charge is 0.371 e. The Bertz CT molecular complexity index is 759. The summed E-state index contributed by atoms with van der Waals surface area (Å²) in [5.41, 5.74) is 3.77. The van der Waals surface area contributed by atoms with Gasteiger partial charge in [0.1, 0.15) is 6.23 Å². The molecule has 0 radical (unpaired) electrons. The molecule has 0 N–H and O–H groups in total. The van der Waals surface area contributed by atoms with E-state index in [4.69, 9.17) is 4.74 Å². The zero-order chi connectivity index (χ0) is 18.8. The molecule has 1 aromatic heterocycles. The second-order valence-electron chi connectivity index (χ2n) is 8.69. The maximum atomic E-state index is 5.85. The van der Waals surface area contributed by atoms with Crippen LogP contribution in [0.4, 0.5) is 5.69 Å². The van der Waals surface area contributed by atoms with Gasteiger partial charge in [-0.25, -0.2) is 4.68 Å². The van der Waals surface area contributed by atoms with E-state index in [1.165, 1.54) is 81.6 Å². The third-order valence-corrected chi connectivity index (χ3v) is 6.62. The highest BCUT2D eigenvalue weighted by molar-refractivity contribution is 5.65. The molecule has 3 fully saturated rings. The molecule has 2 aromatic rings. The number of likely N-dealkylation sites (tertiary alicyclic amines) is 1. The minimum atomic E-state index is 0.110. The number of aromatic nitrogens is 2. The molecule has 4 heterocycles. The number of hydrogen-bond donors (Lipinski definition) is 0. The molecule has 3 aliphatic heterocycles. The van der Waals surface area contributed by atoms with Crippen LogP contribution in [0.25, 0.3) is 11.1 Å². The summed E-state index contributed by atoms with van der Waals surface area (Å²) in [6.45, 7) is 7.15. The van der Waals surface area contributed by atoms with Crippen molar-refractivity contribution in [3.05, 3.63) is 36.7 Å². The highest BCUT2D eigenvalue weighted by Crippen LogP contribution is 2.29. The van der Waals surface area contributed by atoms with E-state index < -0.39 is 0 Å². The van der Waals surface area contributed by atoms with Crippen molar-refractivity contribution in [2.45, 2.75) is 44.8 Å². The molecule has 28 heavy (non-hydrogen) atoms. The lowest BCUT2D eigenvalue weighted by atomic mass is 10.1. The molecule has 0 aliphatic carbocycles. The number of nitrogens with zero attached hydrogens (tertiary/aromatic N) is 4. The molecule has 3 saturated heterocycles. The van der Waals surface area contributed by atoms with Gasteiger partial charge in [-0.1, -0.05) is 12.1 Å². The fourth-order valence-electron chi connectivity index (χ4n) is 4.99. The summed E-state index contributed by atoms with van der Waals surface area (Å²) in [4.78, 5) is 5.22. The van der Waals surface area contributed by atoms with Gasteiger partial charge in [0.25, 0.3) is 0 Å². The van der Waals surface area contributed by atoms with Crippen LogP contribution in [0, 0.1) is 5.92 Å². The molecular weight excluding hydrogens is 348 g/mol. The van der Waals surface area contributed by atoms with E-state index in [0.29, 0.717) is 0 Å². The van der Waals surface area contributed by atoms with E-state index in [-0.39, 0.29) is 6.23 Å². The Hall–Kier alpha value is -1.85. The first-order valence-electron chi connectivity index (χ1n) is 11.1. The van der Waals surface area contributed by atoms with Gasteiger partial charge in [0.05, 0.1) is 6.20 Å². The van der Waals surface area contributed by atoms with Crippen molar-refractivity contribution in [3.8, 4) is 11.1 Å². The summed E-state index contributed by atoms with van der Waals surface area (Å²) in [5, 5.41) is 4.55. The Morgan fingerprint density at radius 1 is 0.929 bits per heavy atom. The van der Waals surface area contributed by atoms with Crippen molar-refractivity contribution in [1.82, 2.24) is 14.7 Å². The van der Waals surface area contributed by atoms with E-state index in [1.54, 1.807) is 0 Å². The van der Waals surface area contributed by atoms with Crippen LogP contribution in [0.5, 0.6) is 0 Å². The van der Waals surface area contributed by atoms with Gasteiger partial charge in [0.2, 0.25) is 0 Å². The number of anilines is 1. The monoisotopic (exact) mass is 380 g/mol. The number of benzene rings is 1. The van der Waals surface area contributed by atoms with Crippen LogP contribution < -0.4 is 4.90 Å². The molecular formula is C23H32N4O. The maximum absolute atomic E-state index is 5.85. The first-order valence-corrected chi connectivity index (χ1v) is 11.1. The van der Waals surface area contributed by atoms with E-state index >= 15 is 0 Å². The van der Waals surface area contributed by atoms with Crippen LogP contribution in [0.2, 0.25) is 0 Å². The minimum Gasteiger partial charge on any atom is -0.371 e. The van der Waals surface area contributed by atoms with Crippen molar-refractivity contribution in [2.75, 3.05) is 44.2 Å². The number of hydrogen-bond acceptors (Lipinski definition) is 4. The number of ether oxygens (including phenoxy) is 1. The predicted octanol–water partition coefficient (Wildman–Crippen LogP) is 4.17. The molecule has 3 aliphatic rings. The van der Waals surface area contributed by atoms with Crippen LogP contribution in [-0.4, -0.2) is 54.0 Å². The lowest BCUT2D eigenvalue weighted by molar-refractivity contribution is -0.0394. The maximum Gasteiger partial charge on any atom is 0.150 e. The van der Waals surface area contributed by atoms with Gasteiger partial charge >= 0.3 is 0 Å². The van der Waals surface area contributed by atoms with Crippen molar-refractivity contribution in [3.63, 3.8) is 0 Å². The summed E-state index contributed by atoms with van der Waals surface area (Å²) in [5.74, 6) is 0.825. The van der Waals surface area contributed by atoms with Crippen LogP contribution in [0.3, 0.4) is 0 Å². The van der Waals surface area contributed by atoms with Gasteiger partial charge in [0.15, 0.2) is 0 Å². The summed E-state index contributed by atoms with van der Waals surface area (Å²) in [6.07, 6.45) is 11.8. The van der Waals surface area contributed by atoms with Gasteiger partial charge in [0, 0.05) is 43.7 Å². The van der Waals surface area contributed by atoms with E-state index in [0.717, 1.165) is 18.9 Å². The predicted molar refractivity (Wildman–Crippen MR) is 112 cm³/mol. The van der Waals surface area contributed by atoms with Gasteiger partial charge in [-0.3, -0.25) is 0 Å². The Labute approximate surface area is 168 Å². The average molecular weight is 381 g/mol. The van der Waals surface area contributed by atoms with Crippen LogP contribution in [-0.2, 0) is 4.74 Å². The van der Waals surface area contributed by atoms with Crippen LogP contribution in [0.1, 0.15) is 44.8 Å². The molecule has 0 saturated carbocycles. The minimum absolute atomic E-state index is 0.110. The standard InChI is InChI=1S/C23H32N4O/c1-4-14-28-23(5-1)27-18-21(15-24-27)20-6-8-22(9-7-20)26-13-10-19(17-26)16-25-11-2-3-12-25/h6-9,15,18-19,23H,1-5,10-14,16-17H2. The van der Waals surface area contributed by atoms with Crippen LogP contribution >= 0.6 is 0 Å². The van der Waals surface area contributed by atoms with Crippen molar-refractivity contribution >= 4 is 5.69 Å². The molecule has 5 heteroatoms. The Kier molecular flexibility index (Phi) is 5.37. The first-order chi connectivity index (χ1) is 13.8. The van der Waals surface area contributed by atoms with Gasteiger partial charge in [-0.2, -0.15) is 5.10 Å². The first kappa shape index (κ1) is 18.2. The highest BCUT2D eigenvalue weighted by Gasteiger charge is 2.25. The lowest BCUT2D eigenvalue weighted by Crippen LogP contribution is -2.28. The van der Waals surface area contributed by atoms with E-state index in [2.05, 4.69) is 45.4 Å². The van der Waals surface area contributed by atoms with E-state index in [1.807, 2.05) is 10.9 Å². The fourth-order valence-corrected chi connectivity index (χ4v) is 4.99. The lowest BCUT2D eigenvalue weighted by Gasteiger charge is -2.22. The Morgan fingerprint density at radius 3 is 2.57 bits per heavy atom. The average Bonchev–Trinajstić information content (AvgIpc) is 3.51. The molecule has 150 valence electrons. The van der Waals surface area contributed by atoms with Crippen molar-refractivity contribution in [1.29, 1.82) is 0 Å². The fraction of sp³-hybridized carbons (Fsp3) is 0.609. The molecule has 0 bridgehead atoms. The van der Waals surface area contributed by atoms with Gasteiger partial charge in [-0.05, 0) is 75.2 Å². The smallest absolute Gasteiger partial charge is 0.150 e. The third kappa shape index (κ3) is 3.96. The van der Waals surface area contributed by atoms with Gasteiger partial charge in [-0.15, -0.1) is 0 Å².